The third kappa shape index (κ3) is 17.2. The van der Waals surface area contributed by atoms with Gasteiger partial charge in [-0.05, 0) is 38.5 Å². The lowest BCUT2D eigenvalue weighted by Crippen LogP contribution is -2.00. The van der Waals surface area contributed by atoms with Gasteiger partial charge in [0.15, 0.2) is 0 Å². The van der Waals surface area contributed by atoms with Gasteiger partial charge in [-0.2, -0.15) is 0 Å². The average Bonchev–Trinajstić information content (AvgIpc) is 2.60. The molecule has 0 amide bonds. The summed E-state index contributed by atoms with van der Waals surface area (Å²) in [5.41, 5.74) is 0. The minimum absolute atomic E-state index is 0.134. The predicted octanol–water partition coefficient (Wildman–Crippen LogP) is 7.27. The smallest absolute Gasteiger partial charge is 0.0828 e. The van der Waals surface area contributed by atoms with Crippen molar-refractivity contribution in [3.05, 3.63) is 72.9 Å². The lowest BCUT2D eigenvalue weighted by Gasteiger charge is -2.06. The van der Waals surface area contributed by atoms with Crippen molar-refractivity contribution in [2.45, 2.75) is 64.9 Å². The zero-order valence-electron chi connectivity index (χ0n) is 15.4. The van der Waals surface area contributed by atoms with Crippen molar-refractivity contribution in [2.24, 2.45) is 0 Å². The maximum atomic E-state index is 5.33. The van der Waals surface area contributed by atoms with Crippen LogP contribution in [0.3, 0.4) is 0 Å². The van der Waals surface area contributed by atoms with E-state index < -0.39 is 0 Å². The van der Waals surface area contributed by atoms with Crippen LogP contribution < -0.4 is 0 Å². The van der Waals surface area contributed by atoms with Gasteiger partial charge in [-0.1, -0.05) is 93.2 Å². The van der Waals surface area contributed by atoms with Crippen LogP contribution in [-0.2, 0) is 4.52 Å². The van der Waals surface area contributed by atoms with Crippen LogP contribution in [0.1, 0.15) is 58.8 Å². The highest BCUT2D eigenvalue weighted by Crippen LogP contribution is 2.06. The van der Waals surface area contributed by atoms with E-state index in [9.17, 15) is 0 Å². The fourth-order valence-electron chi connectivity index (χ4n) is 1.92. The molecule has 0 aromatic rings. The Labute approximate surface area is 152 Å². The largest absolute Gasteiger partial charge is 0.358 e. The van der Waals surface area contributed by atoms with E-state index >= 15 is 0 Å². The number of hydrogen-bond acceptors (Lipinski definition) is 1. The maximum Gasteiger partial charge on any atom is 0.0828 e. The molecule has 0 spiro atoms. The van der Waals surface area contributed by atoms with Gasteiger partial charge in [0.25, 0.3) is 0 Å². The molecule has 0 aromatic heterocycles. The summed E-state index contributed by atoms with van der Waals surface area (Å²) < 4.78 is 5.33. The number of hydrogen-bond donors (Lipinski definition) is 0. The molecule has 0 rings (SSSR count). The molecule has 0 saturated heterocycles. The zero-order valence-corrected chi connectivity index (χ0v) is 16.6. The first kappa shape index (κ1) is 22.8. The van der Waals surface area contributed by atoms with Gasteiger partial charge in [-0.3, -0.25) is 0 Å². The molecule has 2 unspecified atom stereocenters. The molecule has 0 N–H and O–H groups in total. The Morgan fingerprint density at radius 3 is 1.96 bits per heavy atom. The summed E-state index contributed by atoms with van der Waals surface area (Å²) in [4.78, 5) is 0. The van der Waals surface area contributed by atoms with Gasteiger partial charge in [-0.15, -0.1) is 0 Å². The third-order valence-electron chi connectivity index (χ3n) is 3.29. The standard InChI is InChI=1S/C22H35OP/c1-3-5-7-8-9-10-11-12-13-14-15-16-17-19-21-22(23-24)20-18-6-4-2/h6-8,10-11,13-14,16-19,21-22H,3-5,9,12,15,20,24H2,1-2H3. The molecular formula is C22H35OP. The molecule has 0 aliphatic rings. The summed E-state index contributed by atoms with van der Waals surface area (Å²) in [6, 6.07) is 0. The first-order chi connectivity index (χ1) is 11.8. The van der Waals surface area contributed by atoms with Gasteiger partial charge in [0.2, 0.25) is 0 Å². The van der Waals surface area contributed by atoms with Gasteiger partial charge < -0.3 is 4.52 Å². The van der Waals surface area contributed by atoms with E-state index in [0.29, 0.717) is 0 Å². The molecule has 0 saturated carbocycles. The first-order valence-electron chi connectivity index (χ1n) is 9.13. The van der Waals surface area contributed by atoms with Crippen molar-refractivity contribution in [3.63, 3.8) is 0 Å². The van der Waals surface area contributed by atoms with Gasteiger partial charge in [0.1, 0.15) is 0 Å². The number of unbranched alkanes of at least 4 members (excludes halogenated alkanes) is 1. The molecule has 0 aliphatic heterocycles. The zero-order chi connectivity index (χ0) is 17.7. The molecule has 0 bridgehead atoms. The summed E-state index contributed by atoms with van der Waals surface area (Å²) in [6.45, 7) is 4.34. The van der Waals surface area contributed by atoms with Crippen molar-refractivity contribution in [1.29, 1.82) is 0 Å². The van der Waals surface area contributed by atoms with Crippen LogP contribution in [0.25, 0.3) is 0 Å². The van der Waals surface area contributed by atoms with Crippen LogP contribution in [0, 0.1) is 0 Å². The molecular weight excluding hydrogens is 311 g/mol. The first-order valence-corrected chi connectivity index (χ1v) is 9.61. The summed E-state index contributed by atoms with van der Waals surface area (Å²) in [5, 5.41) is 0. The van der Waals surface area contributed by atoms with E-state index in [2.05, 4.69) is 96.2 Å². The fourth-order valence-corrected chi connectivity index (χ4v) is 2.12. The highest BCUT2D eigenvalue weighted by molar-refractivity contribution is 7.09. The Morgan fingerprint density at radius 2 is 1.38 bits per heavy atom. The number of rotatable bonds is 14. The second-order valence-electron chi connectivity index (χ2n) is 5.51. The summed E-state index contributed by atoms with van der Waals surface area (Å²) in [7, 11) is 2.34. The molecule has 0 aromatic carbocycles. The van der Waals surface area contributed by atoms with E-state index in [4.69, 9.17) is 4.52 Å². The summed E-state index contributed by atoms with van der Waals surface area (Å²) in [5.74, 6) is 0. The minimum atomic E-state index is 0.134. The van der Waals surface area contributed by atoms with Crippen LogP contribution in [0.15, 0.2) is 72.9 Å². The molecule has 1 nitrogen and oxygen atoms in total. The Hall–Kier alpha value is -1.17. The van der Waals surface area contributed by atoms with Crippen molar-refractivity contribution >= 4 is 9.47 Å². The molecule has 134 valence electrons. The Bertz CT molecular complexity index is 427. The molecule has 0 fully saturated rings. The second kappa shape index (κ2) is 19.9. The van der Waals surface area contributed by atoms with Gasteiger partial charge in [0.05, 0.1) is 6.10 Å². The fraction of sp³-hybridized carbons (Fsp3) is 0.455. The van der Waals surface area contributed by atoms with Crippen LogP contribution >= 0.6 is 9.47 Å². The van der Waals surface area contributed by atoms with E-state index in [1.54, 1.807) is 0 Å². The lowest BCUT2D eigenvalue weighted by molar-refractivity contribution is 0.298. The van der Waals surface area contributed by atoms with E-state index in [1.807, 2.05) is 0 Å². The highest BCUT2D eigenvalue weighted by Gasteiger charge is 1.97. The highest BCUT2D eigenvalue weighted by atomic mass is 31.0. The van der Waals surface area contributed by atoms with Gasteiger partial charge in [0, 0.05) is 9.47 Å². The minimum Gasteiger partial charge on any atom is -0.358 e. The van der Waals surface area contributed by atoms with Crippen LogP contribution in [0.5, 0.6) is 0 Å². The SMILES string of the molecule is CCC=CCC(C=CC=CCC=CCC=CCC=CCCC)OP. The topological polar surface area (TPSA) is 9.23 Å². The lowest BCUT2D eigenvalue weighted by atomic mass is 10.2. The second-order valence-corrected chi connectivity index (χ2v) is 5.79. The van der Waals surface area contributed by atoms with E-state index in [0.717, 1.165) is 32.1 Å². The van der Waals surface area contributed by atoms with Crippen LogP contribution in [0.2, 0.25) is 0 Å². The monoisotopic (exact) mass is 346 g/mol. The van der Waals surface area contributed by atoms with Crippen LogP contribution in [-0.4, -0.2) is 6.10 Å². The van der Waals surface area contributed by atoms with E-state index in [1.165, 1.54) is 12.8 Å². The molecule has 0 aliphatic carbocycles. The van der Waals surface area contributed by atoms with Crippen molar-refractivity contribution in [2.75, 3.05) is 0 Å². The van der Waals surface area contributed by atoms with Gasteiger partial charge in [-0.25, -0.2) is 0 Å². The average molecular weight is 346 g/mol. The molecule has 0 heterocycles. The summed E-state index contributed by atoms with van der Waals surface area (Å²) >= 11 is 0. The maximum absolute atomic E-state index is 5.33. The Balaban J connectivity index is 3.77. The molecule has 24 heavy (non-hydrogen) atoms. The van der Waals surface area contributed by atoms with E-state index in [-0.39, 0.29) is 6.10 Å². The predicted molar refractivity (Wildman–Crippen MR) is 113 cm³/mol. The van der Waals surface area contributed by atoms with Crippen molar-refractivity contribution < 1.29 is 4.52 Å². The van der Waals surface area contributed by atoms with Crippen molar-refractivity contribution in [1.82, 2.24) is 0 Å². The molecule has 2 atom stereocenters. The van der Waals surface area contributed by atoms with Gasteiger partial charge >= 0.3 is 0 Å². The van der Waals surface area contributed by atoms with Crippen LogP contribution in [0.4, 0.5) is 0 Å². The molecule has 2 heteroatoms. The molecule has 0 radical (unpaired) electrons. The summed E-state index contributed by atoms with van der Waals surface area (Å²) in [6.07, 6.45) is 33.7. The normalized spacial score (nSPS) is 14.6. The number of allylic oxidation sites excluding steroid dienone is 10. The third-order valence-corrected chi connectivity index (χ3v) is 3.64. The quantitative estimate of drug-likeness (QED) is 0.182. The van der Waals surface area contributed by atoms with Crippen molar-refractivity contribution in [3.8, 4) is 0 Å². The Morgan fingerprint density at radius 1 is 0.750 bits per heavy atom. The Kier molecular flexibility index (Phi) is 18.9.